The van der Waals surface area contributed by atoms with Gasteiger partial charge in [0.15, 0.2) is 0 Å². The summed E-state index contributed by atoms with van der Waals surface area (Å²) in [6.07, 6.45) is 0.958. The number of hydrogen-bond donors (Lipinski definition) is 0. The van der Waals surface area contributed by atoms with Crippen LogP contribution in [-0.4, -0.2) is 15.0 Å². The SMILES string of the molecule is CC1CCOc2cc(S(=O)(=O)Cl)ccc21. The van der Waals surface area contributed by atoms with Crippen LogP contribution in [0.1, 0.15) is 24.8 Å². The summed E-state index contributed by atoms with van der Waals surface area (Å²) in [6.45, 7) is 2.72. The molecule has 0 saturated heterocycles. The number of rotatable bonds is 1. The molecule has 1 aromatic rings. The van der Waals surface area contributed by atoms with Gasteiger partial charge in [-0.2, -0.15) is 0 Å². The Balaban J connectivity index is 2.51. The molecule has 82 valence electrons. The van der Waals surface area contributed by atoms with E-state index in [9.17, 15) is 8.42 Å². The molecule has 1 unspecified atom stereocenters. The summed E-state index contributed by atoms with van der Waals surface area (Å²) >= 11 is 0. The van der Waals surface area contributed by atoms with Crippen molar-refractivity contribution in [2.45, 2.75) is 24.2 Å². The van der Waals surface area contributed by atoms with Gasteiger partial charge in [0.1, 0.15) is 5.75 Å². The Morgan fingerprint density at radius 3 is 2.87 bits per heavy atom. The van der Waals surface area contributed by atoms with Crippen molar-refractivity contribution in [2.75, 3.05) is 6.61 Å². The lowest BCUT2D eigenvalue weighted by atomic mass is 9.95. The van der Waals surface area contributed by atoms with Crippen molar-refractivity contribution in [2.24, 2.45) is 0 Å². The van der Waals surface area contributed by atoms with Gasteiger partial charge in [-0.25, -0.2) is 8.42 Å². The van der Waals surface area contributed by atoms with Crippen molar-refractivity contribution in [1.82, 2.24) is 0 Å². The predicted molar refractivity (Wildman–Crippen MR) is 58.0 cm³/mol. The Labute approximate surface area is 93.4 Å². The first-order valence-electron chi connectivity index (χ1n) is 4.70. The van der Waals surface area contributed by atoms with Crippen LogP contribution < -0.4 is 4.74 Å². The topological polar surface area (TPSA) is 43.4 Å². The van der Waals surface area contributed by atoms with Crippen LogP contribution in [-0.2, 0) is 9.05 Å². The quantitative estimate of drug-likeness (QED) is 0.715. The van der Waals surface area contributed by atoms with Crippen LogP contribution in [0.3, 0.4) is 0 Å². The van der Waals surface area contributed by atoms with Gasteiger partial charge in [0, 0.05) is 16.7 Å². The first-order valence-corrected chi connectivity index (χ1v) is 7.01. The number of hydrogen-bond acceptors (Lipinski definition) is 3. The molecule has 0 aliphatic carbocycles. The molecule has 1 aromatic carbocycles. The van der Waals surface area contributed by atoms with Gasteiger partial charge in [-0.15, -0.1) is 0 Å². The Hall–Kier alpha value is -0.740. The molecule has 0 N–H and O–H groups in total. The maximum atomic E-state index is 11.1. The number of benzene rings is 1. The third-order valence-electron chi connectivity index (χ3n) is 2.61. The molecule has 3 nitrogen and oxygen atoms in total. The van der Waals surface area contributed by atoms with E-state index < -0.39 is 9.05 Å². The molecule has 0 saturated carbocycles. The lowest BCUT2D eigenvalue weighted by Crippen LogP contribution is -2.12. The zero-order valence-electron chi connectivity index (χ0n) is 8.23. The molecule has 0 aromatic heterocycles. The van der Waals surface area contributed by atoms with E-state index in [0.717, 1.165) is 12.0 Å². The molecular formula is C10H11ClO3S. The highest BCUT2D eigenvalue weighted by atomic mass is 35.7. The summed E-state index contributed by atoms with van der Waals surface area (Å²) in [4.78, 5) is 0.0945. The highest BCUT2D eigenvalue weighted by Gasteiger charge is 2.20. The first-order chi connectivity index (χ1) is 6.98. The minimum Gasteiger partial charge on any atom is -0.493 e. The zero-order valence-corrected chi connectivity index (χ0v) is 9.81. The third-order valence-corrected chi connectivity index (χ3v) is 3.96. The van der Waals surface area contributed by atoms with E-state index in [1.165, 1.54) is 12.1 Å². The van der Waals surface area contributed by atoms with Crippen molar-refractivity contribution >= 4 is 19.7 Å². The minimum atomic E-state index is -3.66. The fraction of sp³-hybridized carbons (Fsp3) is 0.400. The molecule has 0 amide bonds. The number of fused-ring (bicyclic) bond motifs is 1. The lowest BCUT2D eigenvalue weighted by molar-refractivity contribution is 0.271. The molecule has 0 fully saturated rings. The molecule has 0 bridgehead atoms. The summed E-state index contributed by atoms with van der Waals surface area (Å²) in [5.74, 6) is 1.04. The Bertz CT molecular complexity index is 481. The largest absolute Gasteiger partial charge is 0.493 e. The van der Waals surface area contributed by atoms with Gasteiger partial charge < -0.3 is 4.74 Å². The van der Waals surface area contributed by atoms with Crippen molar-refractivity contribution in [3.05, 3.63) is 23.8 Å². The van der Waals surface area contributed by atoms with E-state index in [1.807, 2.05) is 0 Å². The molecular weight excluding hydrogens is 236 g/mol. The Kier molecular flexibility index (Phi) is 2.64. The second-order valence-electron chi connectivity index (χ2n) is 3.68. The van der Waals surface area contributed by atoms with E-state index in [0.29, 0.717) is 18.3 Å². The van der Waals surface area contributed by atoms with E-state index in [2.05, 4.69) is 6.92 Å². The second-order valence-corrected chi connectivity index (χ2v) is 6.24. The Morgan fingerprint density at radius 1 is 1.47 bits per heavy atom. The van der Waals surface area contributed by atoms with Gasteiger partial charge in [-0.1, -0.05) is 13.0 Å². The summed E-state index contributed by atoms with van der Waals surface area (Å²) in [5, 5.41) is 0. The maximum Gasteiger partial charge on any atom is 0.261 e. The molecule has 1 atom stereocenters. The fourth-order valence-electron chi connectivity index (χ4n) is 1.70. The number of ether oxygens (including phenoxy) is 1. The molecule has 15 heavy (non-hydrogen) atoms. The molecule has 1 aliphatic rings. The van der Waals surface area contributed by atoms with Gasteiger partial charge >= 0.3 is 0 Å². The van der Waals surface area contributed by atoms with Crippen LogP contribution in [0.2, 0.25) is 0 Å². The van der Waals surface area contributed by atoms with E-state index >= 15 is 0 Å². The Morgan fingerprint density at radius 2 is 2.20 bits per heavy atom. The van der Waals surface area contributed by atoms with Gasteiger partial charge in [0.2, 0.25) is 0 Å². The van der Waals surface area contributed by atoms with E-state index in [-0.39, 0.29) is 4.90 Å². The highest BCUT2D eigenvalue weighted by molar-refractivity contribution is 8.13. The van der Waals surface area contributed by atoms with E-state index in [4.69, 9.17) is 15.4 Å². The standard InChI is InChI=1S/C10H11ClO3S/c1-7-4-5-14-10-6-8(15(11,12)13)2-3-9(7)10/h2-3,6-7H,4-5H2,1H3. The molecule has 2 rings (SSSR count). The summed E-state index contributed by atoms with van der Waals surface area (Å²) in [6, 6.07) is 4.79. The van der Waals surface area contributed by atoms with Crippen LogP contribution in [0.25, 0.3) is 0 Å². The van der Waals surface area contributed by atoms with Crippen molar-refractivity contribution in [1.29, 1.82) is 0 Å². The van der Waals surface area contributed by atoms with Crippen LogP contribution in [0.5, 0.6) is 5.75 Å². The monoisotopic (exact) mass is 246 g/mol. The van der Waals surface area contributed by atoms with Gasteiger partial charge in [-0.3, -0.25) is 0 Å². The maximum absolute atomic E-state index is 11.1. The first kappa shape index (κ1) is 10.8. The average Bonchev–Trinajstić information content (AvgIpc) is 2.16. The highest BCUT2D eigenvalue weighted by Crippen LogP contribution is 2.35. The number of halogens is 1. The van der Waals surface area contributed by atoms with Crippen molar-refractivity contribution in [3.63, 3.8) is 0 Å². The van der Waals surface area contributed by atoms with Gasteiger partial charge in [0.25, 0.3) is 9.05 Å². The normalized spacial score (nSPS) is 20.5. The summed E-state index contributed by atoms with van der Waals surface area (Å²) in [7, 11) is 1.59. The van der Waals surface area contributed by atoms with Crippen LogP contribution >= 0.6 is 10.7 Å². The molecule has 5 heteroatoms. The predicted octanol–water partition coefficient (Wildman–Crippen LogP) is 2.50. The van der Waals surface area contributed by atoms with Crippen LogP contribution in [0, 0.1) is 0 Å². The van der Waals surface area contributed by atoms with E-state index in [1.54, 1.807) is 6.07 Å². The van der Waals surface area contributed by atoms with Crippen molar-refractivity contribution < 1.29 is 13.2 Å². The van der Waals surface area contributed by atoms with Crippen LogP contribution in [0.4, 0.5) is 0 Å². The average molecular weight is 247 g/mol. The minimum absolute atomic E-state index is 0.0945. The molecule has 1 heterocycles. The van der Waals surface area contributed by atoms with Crippen LogP contribution in [0.15, 0.2) is 23.1 Å². The van der Waals surface area contributed by atoms with Gasteiger partial charge in [-0.05, 0) is 24.0 Å². The van der Waals surface area contributed by atoms with Gasteiger partial charge in [0.05, 0.1) is 11.5 Å². The van der Waals surface area contributed by atoms with Crippen molar-refractivity contribution in [3.8, 4) is 5.75 Å². The zero-order chi connectivity index (χ0) is 11.1. The third kappa shape index (κ3) is 2.11. The fourth-order valence-corrected chi connectivity index (χ4v) is 2.47. The summed E-state index contributed by atoms with van der Waals surface area (Å²) in [5.41, 5.74) is 1.05. The second kappa shape index (κ2) is 3.68. The molecule has 0 radical (unpaired) electrons. The summed E-state index contributed by atoms with van der Waals surface area (Å²) < 4.78 is 27.6. The molecule has 1 aliphatic heterocycles. The molecule has 0 spiro atoms. The lowest BCUT2D eigenvalue weighted by Gasteiger charge is -2.23. The smallest absolute Gasteiger partial charge is 0.261 e.